The van der Waals surface area contributed by atoms with E-state index in [0.29, 0.717) is 6.42 Å². The van der Waals surface area contributed by atoms with Crippen LogP contribution < -0.4 is 10.5 Å². The summed E-state index contributed by atoms with van der Waals surface area (Å²) in [7, 11) is -3.20. The molecule has 0 radical (unpaired) electrons. The number of amides is 1. The van der Waals surface area contributed by atoms with Gasteiger partial charge in [-0.3, -0.25) is 4.79 Å². The highest BCUT2D eigenvalue weighted by Crippen LogP contribution is 1.96. The summed E-state index contributed by atoms with van der Waals surface area (Å²) in [5.74, 6) is -0.413. The standard InChI is InChI=1S/C7H16N2O3S/c1-6(2)13(11,12)9-5-3-4-7(8)10/h6,9H,3-5H2,1-2H3,(H2,8,10). The summed E-state index contributed by atoms with van der Waals surface area (Å²) in [6, 6.07) is 0. The van der Waals surface area contributed by atoms with Crippen molar-refractivity contribution in [2.24, 2.45) is 5.73 Å². The average Bonchev–Trinajstić information content (AvgIpc) is 1.97. The number of nitrogens with one attached hydrogen (secondary N) is 1. The molecule has 0 rings (SSSR count). The van der Waals surface area contributed by atoms with Crippen molar-refractivity contribution in [1.82, 2.24) is 4.72 Å². The number of carbonyl (C=O) groups excluding carboxylic acids is 1. The van der Waals surface area contributed by atoms with Gasteiger partial charge in [0.25, 0.3) is 0 Å². The van der Waals surface area contributed by atoms with Crippen molar-refractivity contribution in [1.29, 1.82) is 0 Å². The van der Waals surface area contributed by atoms with Crippen LogP contribution >= 0.6 is 0 Å². The van der Waals surface area contributed by atoms with Crippen LogP contribution in [0.25, 0.3) is 0 Å². The van der Waals surface area contributed by atoms with E-state index >= 15 is 0 Å². The largest absolute Gasteiger partial charge is 0.370 e. The lowest BCUT2D eigenvalue weighted by Crippen LogP contribution is -2.31. The van der Waals surface area contributed by atoms with E-state index in [4.69, 9.17) is 5.73 Å². The Hall–Kier alpha value is -0.620. The van der Waals surface area contributed by atoms with Crippen LogP contribution in [0.5, 0.6) is 0 Å². The number of sulfonamides is 1. The topological polar surface area (TPSA) is 89.3 Å². The summed E-state index contributed by atoms with van der Waals surface area (Å²) in [5.41, 5.74) is 4.89. The Kier molecular flexibility index (Phi) is 4.94. The molecule has 0 aliphatic carbocycles. The molecule has 0 aromatic heterocycles. The van der Waals surface area contributed by atoms with E-state index in [0.717, 1.165) is 0 Å². The summed E-state index contributed by atoms with van der Waals surface area (Å²) in [4.78, 5) is 10.3. The second-order valence-electron chi connectivity index (χ2n) is 3.06. The molecule has 0 saturated carbocycles. The minimum absolute atomic E-state index is 0.209. The summed E-state index contributed by atoms with van der Waals surface area (Å²) < 4.78 is 24.7. The maximum atomic E-state index is 11.1. The molecule has 6 heteroatoms. The first-order chi connectivity index (χ1) is 5.86. The fourth-order valence-electron chi connectivity index (χ4n) is 0.644. The highest BCUT2D eigenvalue weighted by Gasteiger charge is 2.13. The Morgan fingerprint density at radius 2 is 2.00 bits per heavy atom. The minimum Gasteiger partial charge on any atom is -0.370 e. The van der Waals surface area contributed by atoms with Crippen LogP contribution in [0.2, 0.25) is 0 Å². The highest BCUT2D eigenvalue weighted by molar-refractivity contribution is 7.90. The van der Waals surface area contributed by atoms with Crippen LogP contribution in [0.4, 0.5) is 0 Å². The molecule has 5 nitrogen and oxygen atoms in total. The van der Waals surface area contributed by atoms with Gasteiger partial charge in [0.1, 0.15) is 0 Å². The molecule has 0 aromatic rings. The molecule has 0 heterocycles. The molecule has 0 aliphatic rings. The minimum atomic E-state index is -3.20. The van der Waals surface area contributed by atoms with Crippen molar-refractivity contribution < 1.29 is 13.2 Å². The molecule has 0 fully saturated rings. The number of carbonyl (C=O) groups is 1. The van der Waals surface area contributed by atoms with Crippen molar-refractivity contribution in [3.63, 3.8) is 0 Å². The molecule has 0 saturated heterocycles. The Morgan fingerprint density at radius 1 is 1.46 bits per heavy atom. The highest BCUT2D eigenvalue weighted by atomic mass is 32.2. The summed E-state index contributed by atoms with van der Waals surface area (Å²) in [6.45, 7) is 3.45. The lowest BCUT2D eigenvalue weighted by atomic mass is 10.3. The van der Waals surface area contributed by atoms with E-state index in [1.54, 1.807) is 13.8 Å². The Balaban J connectivity index is 3.72. The van der Waals surface area contributed by atoms with Crippen LogP contribution in [0.15, 0.2) is 0 Å². The third-order valence-electron chi connectivity index (χ3n) is 1.52. The zero-order chi connectivity index (χ0) is 10.5. The zero-order valence-electron chi connectivity index (χ0n) is 7.91. The summed E-state index contributed by atoms with van der Waals surface area (Å²) in [6.07, 6.45) is 0.655. The van der Waals surface area contributed by atoms with E-state index < -0.39 is 21.2 Å². The van der Waals surface area contributed by atoms with Crippen LogP contribution in [-0.4, -0.2) is 26.1 Å². The maximum Gasteiger partial charge on any atom is 0.217 e. The van der Waals surface area contributed by atoms with Gasteiger partial charge in [0.15, 0.2) is 0 Å². The molecule has 0 spiro atoms. The van der Waals surface area contributed by atoms with Gasteiger partial charge in [-0.25, -0.2) is 13.1 Å². The quantitative estimate of drug-likeness (QED) is 0.581. The van der Waals surface area contributed by atoms with E-state index in [1.807, 2.05) is 0 Å². The predicted molar refractivity (Wildman–Crippen MR) is 50.5 cm³/mol. The van der Waals surface area contributed by atoms with Gasteiger partial charge in [-0.1, -0.05) is 0 Å². The van der Waals surface area contributed by atoms with Gasteiger partial charge in [-0.15, -0.1) is 0 Å². The lowest BCUT2D eigenvalue weighted by molar-refractivity contribution is -0.118. The number of nitrogens with two attached hydrogens (primary N) is 1. The lowest BCUT2D eigenvalue weighted by Gasteiger charge is -2.08. The SMILES string of the molecule is CC(C)S(=O)(=O)NCCCC(N)=O. The summed E-state index contributed by atoms with van der Waals surface area (Å²) >= 11 is 0. The fourth-order valence-corrected chi connectivity index (χ4v) is 1.41. The molecular formula is C7H16N2O3S. The third-order valence-corrected chi connectivity index (χ3v) is 3.37. The summed E-state index contributed by atoms with van der Waals surface area (Å²) in [5, 5.41) is -0.443. The van der Waals surface area contributed by atoms with E-state index in [2.05, 4.69) is 4.72 Å². The van der Waals surface area contributed by atoms with Crippen LogP contribution in [0.1, 0.15) is 26.7 Å². The molecule has 0 bridgehead atoms. The van der Waals surface area contributed by atoms with Crippen molar-refractivity contribution in [3.05, 3.63) is 0 Å². The number of hydrogen-bond acceptors (Lipinski definition) is 3. The second kappa shape index (κ2) is 5.18. The Labute approximate surface area is 78.7 Å². The molecule has 0 aromatic carbocycles. The van der Waals surface area contributed by atoms with Crippen molar-refractivity contribution in [2.45, 2.75) is 31.9 Å². The van der Waals surface area contributed by atoms with Gasteiger partial charge in [0.2, 0.25) is 15.9 Å². The maximum absolute atomic E-state index is 11.1. The zero-order valence-corrected chi connectivity index (χ0v) is 8.73. The fraction of sp³-hybridized carbons (Fsp3) is 0.857. The monoisotopic (exact) mass is 208 g/mol. The van der Waals surface area contributed by atoms with Crippen molar-refractivity contribution in [3.8, 4) is 0 Å². The molecule has 13 heavy (non-hydrogen) atoms. The normalized spacial score (nSPS) is 11.9. The molecular weight excluding hydrogens is 192 g/mol. The molecule has 1 amide bonds. The van der Waals surface area contributed by atoms with Gasteiger partial charge in [0.05, 0.1) is 5.25 Å². The van der Waals surface area contributed by atoms with Crippen LogP contribution in [0.3, 0.4) is 0 Å². The number of primary amides is 1. The first kappa shape index (κ1) is 12.4. The Bertz CT molecular complexity index is 259. The Morgan fingerprint density at radius 3 is 2.38 bits per heavy atom. The van der Waals surface area contributed by atoms with Gasteiger partial charge in [0, 0.05) is 13.0 Å². The molecule has 0 atom stereocenters. The van der Waals surface area contributed by atoms with Gasteiger partial charge >= 0.3 is 0 Å². The third kappa shape index (κ3) is 5.59. The van der Waals surface area contributed by atoms with Gasteiger partial charge in [-0.05, 0) is 20.3 Å². The van der Waals surface area contributed by atoms with Gasteiger partial charge < -0.3 is 5.73 Å². The molecule has 3 N–H and O–H groups in total. The number of hydrogen-bond donors (Lipinski definition) is 2. The first-order valence-corrected chi connectivity index (χ1v) is 5.67. The van der Waals surface area contributed by atoms with Crippen molar-refractivity contribution in [2.75, 3.05) is 6.54 Å². The van der Waals surface area contributed by atoms with Crippen LogP contribution in [-0.2, 0) is 14.8 Å². The molecule has 0 aliphatic heterocycles. The molecule has 78 valence electrons. The smallest absolute Gasteiger partial charge is 0.217 e. The van der Waals surface area contributed by atoms with Gasteiger partial charge in [-0.2, -0.15) is 0 Å². The second-order valence-corrected chi connectivity index (χ2v) is 5.38. The first-order valence-electron chi connectivity index (χ1n) is 4.13. The van der Waals surface area contributed by atoms with E-state index in [-0.39, 0.29) is 13.0 Å². The van der Waals surface area contributed by atoms with Crippen LogP contribution in [0, 0.1) is 0 Å². The van der Waals surface area contributed by atoms with Crippen molar-refractivity contribution >= 4 is 15.9 Å². The van der Waals surface area contributed by atoms with E-state index in [9.17, 15) is 13.2 Å². The average molecular weight is 208 g/mol. The number of rotatable bonds is 6. The molecule has 0 unspecified atom stereocenters. The predicted octanol–water partition coefficient (Wildman–Crippen LogP) is -0.420. The van der Waals surface area contributed by atoms with E-state index in [1.165, 1.54) is 0 Å².